The van der Waals surface area contributed by atoms with E-state index in [-0.39, 0.29) is 5.91 Å². The highest BCUT2D eigenvalue weighted by molar-refractivity contribution is 5.98. The topological polar surface area (TPSA) is 35.6 Å². The Kier molecular flexibility index (Phi) is 3.92. The zero-order valence-corrected chi connectivity index (χ0v) is 12.1. The predicted molar refractivity (Wildman–Crippen MR) is 82.2 cm³/mol. The van der Waals surface area contributed by atoms with Crippen molar-refractivity contribution in [3.8, 4) is 0 Å². The Labute approximate surface area is 120 Å². The highest BCUT2D eigenvalue weighted by atomic mass is 16.2. The van der Waals surface area contributed by atoms with E-state index in [0.717, 1.165) is 30.9 Å². The molecule has 2 heterocycles. The molecule has 20 heavy (non-hydrogen) atoms. The molecule has 2 saturated heterocycles. The molecule has 1 aromatic carbocycles. The van der Waals surface area contributed by atoms with Crippen LogP contribution in [0.4, 0.5) is 11.4 Å². The minimum atomic E-state index is 0.250. The molecule has 1 amide bonds. The highest BCUT2D eigenvalue weighted by Gasteiger charge is 2.25. The summed E-state index contributed by atoms with van der Waals surface area (Å²) in [6.07, 6.45) is 4.09. The molecule has 0 spiro atoms. The van der Waals surface area contributed by atoms with E-state index in [1.807, 2.05) is 17.0 Å². The molecule has 108 valence electrons. The van der Waals surface area contributed by atoms with Crippen LogP contribution in [0.25, 0.3) is 0 Å². The SMILES string of the molecule is CN1CCCC(Nc2ccccc2N2CCCC2=O)C1. The first-order valence-electron chi connectivity index (χ1n) is 7.58. The molecular formula is C16H23N3O. The van der Waals surface area contributed by atoms with Crippen molar-refractivity contribution < 1.29 is 4.79 Å². The number of anilines is 2. The first-order valence-corrected chi connectivity index (χ1v) is 7.58. The summed E-state index contributed by atoms with van der Waals surface area (Å²) in [6, 6.07) is 8.68. The quantitative estimate of drug-likeness (QED) is 0.918. The maximum atomic E-state index is 12.0. The number of para-hydroxylation sites is 2. The van der Waals surface area contributed by atoms with Gasteiger partial charge in [-0.3, -0.25) is 4.79 Å². The molecule has 0 radical (unpaired) electrons. The van der Waals surface area contributed by atoms with Gasteiger partial charge in [-0.05, 0) is 45.0 Å². The summed E-state index contributed by atoms with van der Waals surface area (Å²) < 4.78 is 0. The van der Waals surface area contributed by atoms with Gasteiger partial charge >= 0.3 is 0 Å². The van der Waals surface area contributed by atoms with Gasteiger partial charge in [0.2, 0.25) is 5.91 Å². The number of likely N-dealkylation sites (N-methyl/N-ethyl adjacent to an activating group) is 1. The summed E-state index contributed by atoms with van der Waals surface area (Å²) in [6.45, 7) is 3.11. The second-order valence-corrected chi connectivity index (χ2v) is 5.91. The summed E-state index contributed by atoms with van der Waals surface area (Å²) in [7, 11) is 2.17. The zero-order valence-electron chi connectivity index (χ0n) is 12.1. The Hall–Kier alpha value is -1.55. The lowest BCUT2D eigenvalue weighted by Gasteiger charge is -2.32. The molecule has 0 saturated carbocycles. The molecule has 4 nitrogen and oxygen atoms in total. The molecule has 1 atom stereocenters. The zero-order chi connectivity index (χ0) is 13.9. The monoisotopic (exact) mass is 273 g/mol. The molecule has 1 aromatic rings. The molecule has 2 fully saturated rings. The number of piperidine rings is 1. The fourth-order valence-electron chi connectivity index (χ4n) is 3.24. The molecule has 1 unspecified atom stereocenters. The van der Waals surface area contributed by atoms with Gasteiger partial charge in [-0.25, -0.2) is 0 Å². The van der Waals surface area contributed by atoms with Crippen molar-refractivity contribution in [1.82, 2.24) is 4.90 Å². The van der Waals surface area contributed by atoms with E-state index in [2.05, 4.69) is 29.4 Å². The first kappa shape index (κ1) is 13.4. The number of carbonyl (C=O) groups excluding carboxylic acids is 1. The van der Waals surface area contributed by atoms with Gasteiger partial charge in [0.15, 0.2) is 0 Å². The fourth-order valence-corrected chi connectivity index (χ4v) is 3.24. The lowest BCUT2D eigenvalue weighted by molar-refractivity contribution is -0.117. The van der Waals surface area contributed by atoms with Crippen molar-refractivity contribution in [2.75, 3.05) is 36.9 Å². The number of nitrogens with one attached hydrogen (secondary N) is 1. The van der Waals surface area contributed by atoms with Crippen molar-refractivity contribution in [2.45, 2.75) is 31.7 Å². The van der Waals surface area contributed by atoms with E-state index in [1.165, 1.54) is 19.4 Å². The largest absolute Gasteiger partial charge is 0.379 e. The van der Waals surface area contributed by atoms with E-state index >= 15 is 0 Å². The lowest BCUT2D eigenvalue weighted by atomic mass is 10.1. The number of carbonyl (C=O) groups is 1. The highest BCUT2D eigenvalue weighted by Crippen LogP contribution is 2.30. The van der Waals surface area contributed by atoms with Crippen LogP contribution in [-0.2, 0) is 4.79 Å². The van der Waals surface area contributed by atoms with Crippen LogP contribution < -0.4 is 10.2 Å². The van der Waals surface area contributed by atoms with E-state index in [1.54, 1.807) is 0 Å². The average Bonchev–Trinajstić information content (AvgIpc) is 2.86. The summed E-state index contributed by atoms with van der Waals surface area (Å²) in [5.41, 5.74) is 2.14. The van der Waals surface area contributed by atoms with Crippen LogP contribution in [0, 0.1) is 0 Å². The Morgan fingerprint density at radius 2 is 2.05 bits per heavy atom. The summed E-state index contributed by atoms with van der Waals surface area (Å²) >= 11 is 0. The van der Waals surface area contributed by atoms with Crippen molar-refractivity contribution >= 4 is 17.3 Å². The number of hydrogen-bond acceptors (Lipinski definition) is 3. The molecule has 3 rings (SSSR count). The Morgan fingerprint density at radius 3 is 2.80 bits per heavy atom. The summed E-state index contributed by atoms with van der Waals surface area (Å²) in [5.74, 6) is 0.250. The van der Waals surface area contributed by atoms with Gasteiger partial charge in [-0.1, -0.05) is 12.1 Å². The molecule has 0 aliphatic carbocycles. The van der Waals surface area contributed by atoms with Gasteiger partial charge in [0.1, 0.15) is 0 Å². The maximum absolute atomic E-state index is 12.0. The number of hydrogen-bond donors (Lipinski definition) is 1. The predicted octanol–water partition coefficient (Wildman–Crippen LogP) is 2.32. The smallest absolute Gasteiger partial charge is 0.227 e. The standard InChI is InChI=1S/C16H23N3O/c1-18-10-4-6-13(12-18)17-14-7-2-3-8-15(14)19-11-5-9-16(19)20/h2-3,7-8,13,17H,4-6,9-12H2,1H3. The van der Waals surface area contributed by atoms with Crippen LogP contribution >= 0.6 is 0 Å². The number of benzene rings is 1. The molecule has 4 heteroatoms. The summed E-state index contributed by atoms with van der Waals surface area (Å²) in [4.78, 5) is 16.3. The minimum Gasteiger partial charge on any atom is -0.379 e. The van der Waals surface area contributed by atoms with Gasteiger partial charge < -0.3 is 15.1 Å². The number of nitrogens with zero attached hydrogens (tertiary/aromatic N) is 2. The van der Waals surface area contributed by atoms with Crippen LogP contribution in [0.3, 0.4) is 0 Å². The van der Waals surface area contributed by atoms with Gasteiger partial charge in [0.25, 0.3) is 0 Å². The van der Waals surface area contributed by atoms with E-state index < -0.39 is 0 Å². The Bertz CT molecular complexity index is 488. The van der Waals surface area contributed by atoms with Gasteiger partial charge in [0, 0.05) is 25.6 Å². The Morgan fingerprint density at radius 1 is 1.20 bits per heavy atom. The normalized spacial score (nSPS) is 24.1. The lowest BCUT2D eigenvalue weighted by Crippen LogP contribution is -2.40. The number of likely N-dealkylation sites (tertiary alicyclic amines) is 1. The average molecular weight is 273 g/mol. The van der Waals surface area contributed by atoms with Crippen LogP contribution in [0.1, 0.15) is 25.7 Å². The Balaban J connectivity index is 1.77. The number of amides is 1. The third-order valence-corrected chi connectivity index (χ3v) is 4.25. The maximum Gasteiger partial charge on any atom is 0.227 e. The van der Waals surface area contributed by atoms with Crippen LogP contribution in [-0.4, -0.2) is 43.5 Å². The third kappa shape index (κ3) is 2.80. The molecule has 2 aliphatic rings. The summed E-state index contributed by atoms with van der Waals surface area (Å²) in [5, 5.41) is 3.64. The first-order chi connectivity index (χ1) is 9.74. The second kappa shape index (κ2) is 5.83. The fraction of sp³-hybridized carbons (Fsp3) is 0.562. The van der Waals surface area contributed by atoms with Crippen LogP contribution in [0.5, 0.6) is 0 Å². The van der Waals surface area contributed by atoms with Crippen LogP contribution in [0.15, 0.2) is 24.3 Å². The van der Waals surface area contributed by atoms with Gasteiger partial charge in [0.05, 0.1) is 11.4 Å². The van der Waals surface area contributed by atoms with E-state index in [9.17, 15) is 4.79 Å². The number of rotatable bonds is 3. The van der Waals surface area contributed by atoms with Crippen molar-refractivity contribution in [3.63, 3.8) is 0 Å². The molecule has 1 N–H and O–H groups in total. The van der Waals surface area contributed by atoms with E-state index in [0.29, 0.717) is 12.5 Å². The molecular weight excluding hydrogens is 250 g/mol. The second-order valence-electron chi connectivity index (χ2n) is 5.91. The van der Waals surface area contributed by atoms with Gasteiger partial charge in [-0.15, -0.1) is 0 Å². The molecule has 0 aromatic heterocycles. The van der Waals surface area contributed by atoms with Crippen LogP contribution in [0.2, 0.25) is 0 Å². The molecule has 2 aliphatic heterocycles. The third-order valence-electron chi connectivity index (χ3n) is 4.25. The van der Waals surface area contributed by atoms with Crippen molar-refractivity contribution in [3.05, 3.63) is 24.3 Å². The van der Waals surface area contributed by atoms with Crippen molar-refractivity contribution in [2.24, 2.45) is 0 Å². The van der Waals surface area contributed by atoms with Gasteiger partial charge in [-0.2, -0.15) is 0 Å². The van der Waals surface area contributed by atoms with Crippen molar-refractivity contribution in [1.29, 1.82) is 0 Å². The van der Waals surface area contributed by atoms with E-state index in [4.69, 9.17) is 0 Å². The molecule has 0 bridgehead atoms. The minimum absolute atomic E-state index is 0.250.